The lowest BCUT2D eigenvalue weighted by atomic mass is 9.97. The Hall–Kier alpha value is -1.60. The van der Waals surface area contributed by atoms with E-state index < -0.39 is 5.82 Å². The molecule has 1 aromatic rings. The first-order valence-electron chi connectivity index (χ1n) is 5.80. The minimum atomic E-state index is -0.464. The summed E-state index contributed by atoms with van der Waals surface area (Å²) in [6.07, 6.45) is 1.86. The molecule has 1 aliphatic rings. The maximum absolute atomic E-state index is 13.5. The highest BCUT2D eigenvalue weighted by atomic mass is 19.1. The Kier molecular flexibility index (Phi) is 3.60. The molecule has 2 rings (SSSR count). The summed E-state index contributed by atoms with van der Waals surface area (Å²) in [5, 5.41) is 17.7. The molecule has 1 aliphatic heterocycles. The van der Waals surface area contributed by atoms with E-state index in [1.165, 1.54) is 12.1 Å². The summed E-state index contributed by atoms with van der Waals surface area (Å²) in [4.78, 5) is 2.09. The summed E-state index contributed by atoms with van der Waals surface area (Å²) in [7, 11) is 0. The van der Waals surface area contributed by atoms with Crippen LogP contribution in [0, 0.1) is 23.1 Å². The Balaban J connectivity index is 2.09. The van der Waals surface area contributed by atoms with Crippen molar-refractivity contribution in [1.82, 2.24) is 0 Å². The molecule has 1 heterocycles. The standard InChI is InChI=1S/C13H15FN2O/c14-13-7-12(2-1-11(13)8-15)16-5-3-10(9-17)4-6-16/h1-2,7,10,17H,3-6,9H2. The first-order valence-corrected chi connectivity index (χ1v) is 5.80. The van der Waals surface area contributed by atoms with E-state index in [4.69, 9.17) is 10.4 Å². The molecule has 1 aromatic carbocycles. The van der Waals surface area contributed by atoms with E-state index in [1.54, 1.807) is 6.07 Å². The Bertz CT molecular complexity index is 434. The third-order valence-electron chi connectivity index (χ3n) is 3.31. The van der Waals surface area contributed by atoms with Crippen LogP contribution in [0.5, 0.6) is 0 Å². The van der Waals surface area contributed by atoms with E-state index >= 15 is 0 Å². The zero-order valence-corrected chi connectivity index (χ0v) is 9.56. The van der Waals surface area contributed by atoms with E-state index in [-0.39, 0.29) is 12.2 Å². The molecule has 0 bridgehead atoms. The Morgan fingerprint density at radius 3 is 2.65 bits per heavy atom. The highest BCUT2D eigenvalue weighted by Gasteiger charge is 2.19. The van der Waals surface area contributed by atoms with E-state index in [2.05, 4.69) is 4.90 Å². The van der Waals surface area contributed by atoms with Crippen LogP contribution < -0.4 is 4.90 Å². The topological polar surface area (TPSA) is 47.3 Å². The van der Waals surface area contributed by atoms with Gasteiger partial charge in [0.2, 0.25) is 0 Å². The van der Waals surface area contributed by atoms with Gasteiger partial charge >= 0.3 is 0 Å². The van der Waals surface area contributed by atoms with Gasteiger partial charge in [0.05, 0.1) is 5.56 Å². The van der Waals surface area contributed by atoms with Crippen LogP contribution in [0.3, 0.4) is 0 Å². The molecule has 0 saturated carbocycles. The Morgan fingerprint density at radius 2 is 2.12 bits per heavy atom. The molecule has 1 fully saturated rings. The Morgan fingerprint density at radius 1 is 1.41 bits per heavy atom. The zero-order valence-electron chi connectivity index (χ0n) is 9.56. The van der Waals surface area contributed by atoms with Crippen LogP contribution >= 0.6 is 0 Å². The smallest absolute Gasteiger partial charge is 0.143 e. The predicted molar refractivity (Wildman–Crippen MR) is 63.1 cm³/mol. The molecule has 17 heavy (non-hydrogen) atoms. The summed E-state index contributed by atoms with van der Waals surface area (Å²) in [6.45, 7) is 1.89. The van der Waals surface area contributed by atoms with Crippen molar-refractivity contribution >= 4 is 5.69 Å². The number of rotatable bonds is 2. The molecule has 4 heteroatoms. The number of nitrogens with zero attached hydrogens (tertiary/aromatic N) is 2. The third kappa shape index (κ3) is 2.56. The fraction of sp³-hybridized carbons (Fsp3) is 0.462. The molecular formula is C13H15FN2O. The minimum Gasteiger partial charge on any atom is -0.396 e. The number of piperidine rings is 1. The lowest BCUT2D eigenvalue weighted by Crippen LogP contribution is -2.34. The average Bonchev–Trinajstić information content (AvgIpc) is 2.39. The van der Waals surface area contributed by atoms with Gasteiger partial charge in [-0.1, -0.05) is 0 Å². The highest BCUT2D eigenvalue weighted by Crippen LogP contribution is 2.24. The van der Waals surface area contributed by atoms with Crippen LogP contribution in [-0.2, 0) is 0 Å². The van der Waals surface area contributed by atoms with Gasteiger partial charge in [0.15, 0.2) is 0 Å². The largest absolute Gasteiger partial charge is 0.396 e. The fourth-order valence-electron chi connectivity index (χ4n) is 2.17. The average molecular weight is 234 g/mol. The molecule has 0 amide bonds. The number of aliphatic hydroxyl groups is 1. The van der Waals surface area contributed by atoms with Crippen LogP contribution in [0.2, 0.25) is 0 Å². The molecule has 0 atom stereocenters. The lowest BCUT2D eigenvalue weighted by Gasteiger charge is -2.32. The van der Waals surface area contributed by atoms with E-state index in [0.29, 0.717) is 5.92 Å². The second kappa shape index (κ2) is 5.15. The van der Waals surface area contributed by atoms with Gasteiger partial charge in [0, 0.05) is 25.4 Å². The first kappa shape index (κ1) is 11.9. The van der Waals surface area contributed by atoms with Gasteiger partial charge < -0.3 is 10.0 Å². The lowest BCUT2D eigenvalue weighted by molar-refractivity contribution is 0.203. The summed E-state index contributed by atoms with van der Waals surface area (Å²) in [5.74, 6) is -0.0937. The first-order chi connectivity index (χ1) is 8.24. The molecule has 0 unspecified atom stereocenters. The van der Waals surface area contributed by atoms with E-state index in [9.17, 15) is 4.39 Å². The maximum atomic E-state index is 13.5. The third-order valence-corrected chi connectivity index (χ3v) is 3.31. The molecular weight excluding hydrogens is 219 g/mol. The van der Waals surface area contributed by atoms with Crippen molar-refractivity contribution in [2.45, 2.75) is 12.8 Å². The van der Waals surface area contributed by atoms with Crippen LogP contribution in [-0.4, -0.2) is 24.8 Å². The quantitative estimate of drug-likeness (QED) is 0.850. The molecule has 1 N–H and O–H groups in total. The van der Waals surface area contributed by atoms with Crippen LogP contribution in [0.1, 0.15) is 18.4 Å². The molecule has 1 saturated heterocycles. The SMILES string of the molecule is N#Cc1ccc(N2CCC(CO)CC2)cc1F. The van der Waals surface area contributed by atoms with Crippen molar-refractivity contribution in [2.75, 3.05) is 24.6 Å². The van der Waals surface area contributed by atoms with Crippen molar-refractivity contribution in [3.63, 3.8) is 0 Å². The monoisotopic (exact) mass is 234 g/mol. The number of hydrogen-bond donors (Lipinski definition) is 1. The molecule has 90 valence electrons. The zero-order chi connectivity index (χ0) is 12.3. The second-order valence-corrected chi connectivity index (χ2v) is 4.39. The summed E-state index contributed by atoms with van der Waals surface area (Å²) >= 11 is 0. The summed E-state index contributed by atoms with van der Waals surface area (Å²) in [5.41, 5.74) is 0.900. The van der Waals surface area contributed by atoms with Crippen molar-refractivity contribution < 1.29 is 9.50 Å². The van der Waals surface area contributed by atoms with E-state index in [0.717, 1.165) is 31.6 Å². The van der Waals surface area contributed by atoms with Gasteiger partial charge in [0.25, 0.3) is 0 Å². The Labute approximate surface area is 100 Å². The minimum absolute atomic E-state index is 0.0824. The number of aliphatic hydroxyl groups excluding tert-OH is 1. The number of anilines is 1. The van der Waals surface area contributed by atoms with Crippen molar-refractivity contribution in [1.29, 1.82) is 5.26 Å². The highest BCUT2D eigenvalue weighted by molar-refractivity contribution is 5.50. The molecule has 0 radical (unpaired) electrons. The summed E-state index contributed by atoms with van der Waals surface area (Å²) < 4.78 is 13.5. The number of nitriles is 1. The molecule has 0 aromatic heterocycles. The second-order valence-electron chi connectivity index (χ2n) is 4.39. The van der Waals surface area contributed by atoms with Crippen molar-refractivity contribution in [3.8, 4) is 6.07 Å². The normalized spacial score (nSPS) is 16.9. The van der Waals surface area contributed by atoms with Crippen LogP contribution in [0.15, 0.2) is 18.2 Å². The molecule has 0 spiro atoms. The van der Waals surface area contributed by atoms with Gasteiger partial charge in [-0.2, -0.15) is 5.26 Å². The van der Waals surface area contributed by atoms with Crippen molar-refractivity contribution in [2.24, 2.45) is 5.92 Å². The van der Waals surface area contributed by atoms with Gasteiger partial charge in [-0.05, 0) is 37.0 Å². The predicted octanol–water partition coefficient (Wildman–Crippen LogP) is 1.91. The maximum Gasteiger partial charge on any atom is 0.143 e. The number of benzene rings is 1. The van der Waals surface area contributed by atoms with E-state index in [1.807, 2.05) is 6.07 Å². The van der Waals surface area contributed by atoms with Gasteiger partial charge in [-0.3, -0.25) is 0 Å². The summed E-state index contributed by atoms with van der Waals surface area (Å²) in [6, 6.07) is 6.52. The van der Waals surface area contributed by atoms with Crippen LogP contribution in [0.4, 0.5) is 10.1 Å². The molecule has 3 nitrogen and oxygen atoms in total. The van der Waals surface area contributed by atoms with Crippen LogP contribution in [0.25, 0.3) is 0 Å². The fourth-order valence-corrected chi connectivity index (χ4v) is 2.17. The van der Waals surface area contributed by atoms with Gasteiger partial charge in [0.1, 0.15) is 11.9 Å². The van der Waals surface area contributed by atoms with Gasteiger partial charge in [-0.15, -0.1) is 0 Å². The van der Waals surface area contributed by atoms with Crippen molar-refractivity contribution in [3.05, 3.63) is 29.6 Å². The number of hydrogen-bond acceptors (Lipinski definition) is 3. The molecule has 0 aliphatic carbocycles. The number of halogens is 1. The van der Waals surface area contributed by atoms with Gasteiger partial charge in [-0.25, -0.2) is 4.39 Å².